The van der Waals surface area contributed by atoms with Gasteiger partial charge in [0.2, 0.25) is 0 Å². The predicted octanol–water partition coefficient (Wildman–Crippen LogP) is 5.73. The van der Waals surface area contributed by atoms with Crippen molar-refractivity contribution in [2.75, 3.05) is 12.4 Å². The van der Waals surface area contributed by atoms with Crippen LogP contribution in [0.15, 0.2) is 72.8 Å². The van der Waals surface area contributed by atoms with E-state index in [4.69, 9.17) is 4.74 Å². The minimum absolute atomic E-state index is 0.199. The highest BCUT2D eigenvalue weighted by molar-refractivity contribution is 7.20. The molecule has 0 fully saturated rings. The number of carbonyl (C=O) groups excluding carboxylic acids is 1. The van der Waals surface area contributed by atoms with Gasteiger partial charge >= 0.3 is 0 Å². The number of para-hydroxylation sites is 1. The van der Waals surface area contributed by atoms with Crippen molar-refractivity contribution >= 4 is 45.3 Å². The van der Waals surface area contributed by atoms with Crippen LogP contribution < -0.4 is 10.1 Å². The third-order valence-electron chi connectivity index (χ3n) is 4.19. The molecule has 0 aliphatic heterocycles. The molecule has 5 heteroatoms. The molecule has 4 nitrogen and oxygen atoms in total. The molecule has 0 aliphatic carbocycles. The zero-order valence-electron chi connectivity index (χ0n) is 15.3. The molecule has 0 unspecified atom stereocenters. The Kier molecular flexibility index (Phi) is 5.17. The highest BCUT2D eigenvalue weighted by atomic mass is 32.1. The zero-order chi connectivity index (χ0) is 19.3. The maximum atomic E-state index is 12.5. The third-order valence-corrected chi connectivity index (χ3v) is 5.23. The number of ether oxygens (including phenoxy) is 1. The Bertz CT molecular complexity index is 1130. The fourth-order valence-corrected chi connectivity index (χ4v) is 3.67. The lowest BCUT2D eigenvalue weighted by molar-refractivity contribution is 0.102. The second-order valence-electron chi connectivity index (χ2n) is 6.18. The van der Waals surface area contributed by atoms with Crippen molar-refractivity contribution in [1.82, 2.24) is 4.98 Å². The molecule has 0 spiro atoms. The normalized spacial score (nSPS) is 11.0. The third kappa shape index (κ3) is 4.10. The van der Waals surface area contributed by atoms with E-state index in [1.807, 2.05) is 84.9 Å². The van der Waals surface area contributed by atoms with Gasteiger partial charge in [0, 0.05) is 5.69 Å². The Balaban J connectivity index is 1.50. The van der Waals surface area contributed by atoms with Crippen LogP contribution in [0.1, 0.15) is 20.9 Å². The summed E-state index contributed by atoms with van der Waals surface area (Å²) in [6.45, 7) is 0. The van der Waals surface area contributed by atoms with E-state index in [1.54, 1.807) is 7.11 Å². The predicted molar refractivity (Wildman–Crippen MR) is 116 cm³/mol. The maximum Gasteiger partial charge on any atom is 0.284 e. The molecule has 1 aromatic heterocycles. The van der Waals surface area contributed by atoms with Crippen molar-refractivity contribution in [3.05, 3.63) is 88.9 Å². The topological polar surface area (TPSA) is 51.2 Å². The van der Waals surface area contributed by atoms with E-state index in [2.05, 4.69) is 10.3 Å². The first-order valence-corrected chi connectivity index (χ1v) is 9.62. The molecule has 1 heterocycles. The number of amides is 1. The zero-order valence-corrected chi connectivity index (χ0v) is 16.1. The van der Waals surface area contributed by atoms with E-state index in [9.17, 15) is 4.79 Å². The highest BCUT2D eigenvalue weighted by Crippen LogP contribution is 2.23. The van der Waals surface area contributed by atoms with Crippen LogP contribution in [0.5, 0.6) is 5.75 Å². The van der Waals surface area contributed by atoms with Gasteiger partial charge in [0.05, 0.1) is 17.3 Å². The van der Waals surface area contributed by atoms with Gasteiger partial charge in [-0.25, -0.2) is 4.98 Å². The number of aromatic nitrogens is 1. The number of benzene rings is 3. The summed E-state index contributed by atoms with van der Waals surface area (Å²) in [4.78, 5) is 17.0. The molecule has 0 atom stereocenters. The molecule has 0 aliphatic rings. The number of carbonyl (C=O) groups is 1. The summed E-state index contributed by atoms with van der Waals surface area (Å²) < 4.78 is 6.25. The van der Waals surface area contributed by atoms with Crippen LogP contribution in [-0.2, 0) is 0 Å². The highest BCUT2D eigenvalue weighted by Gasteiger charge is 2.12. The van der Waals surface area contributed by atoms with E-state index in [0.717, 1.165) is 32.8 Å². The number of anilines is 1. The van der Waals surface area contributed by atoms with Crippen LogP contribution in [-0.4, -0.2) is 18.0 Å². The number of nitrogens with zero attached hydrogens (tertiary/aromatic N) is 1. The molecule has 3 aromatic carbocycles. The fourth-order valence-electron chi connectivity index (χ4n) is 2.81. The second kappa shape index (κ2) is 8.06. The molecule has 4 aromatic rings. The maximum absolute atomic E-state index is 12.5. The molecule has 0 saturated carbocycles. The van der Waals surface area contributed by atoms with Gasteiger partial charge in [-0.1, -0.05) is 48.6 Å². The smallest absolute Gasteiger partial charge is 0.284 e. The first-order chi connectivity index (χ1) is 13.7. The van der Waals surface area contributed by atoms with Gasteiger partial charge in [-0.2, -0.15) is 0 Å². The largest absolute Gasteiger partial charge is 0.497 e. The van der Waals surface area contributed by atoms with Crippen LogP contribution in [0.2, 0.25) is 0 Å². The first kappa shape index (κ1) is 17.9. The number of hydrogen-bond acceptors (Lipinski definition) is 4. The number of rotatable bonds is 5. The number of thiazole rings is 1. The second-order valence-corrected chi connectivity index (χ2v) is 7.21. The van der Waals surface area contributed by atoms with Gasteiger partial charge in [0.25, 0.3) is 5.91 Å². The Morgan fingerprint density at radius 1 is 0.964 bits per heavy atom. The summed E-state index contributed by atoms with van der Waals surface area (Å²) in [7, 11) is 1.65. The molecule has 0 radical (unpaired) electrons. The molecular weight excluding hydrogens is 368 g/mol. The van der Waals surface area contributed by atoms with Crippen LogP contribution in [0.3, 0.4) is 0 Å². The minimum atomic E-state index is -0.199. The van der Waals surface area contributed by atoms with E-state index in [1.165, 1.54) is 11.3 Å². The summed E-state index contributed by atoms with van der Waals surface area (Å²) in [5.74, 6) is 0.620. The SMILES string of the molecule is COc1cccc(/C=C/c2cccc(NC(=O)c3nc4ccccc4s3)c2)c1. The average Bonchev–Trinajstić information content (AvgIpc) is 3.17. The molecule has 28 heavy (non-hydrogen) atoms. The summed E-state index contributed by atoms with van der Waals surface area (Å²) in [5.41, 5.74) is 3.61. The Morgan fingerprint density at radius 2 is 1.71 bits per heavy atom. The standard InChI is InChI=1S/C23H18N2O2S/c1-27-19-9-5-7-17(15-19)13-12-16-6-4-8-18(14-16)24-22(26)23-25-20-10-2-3-11-21(20)28-23/h2-15H,1H3,(H,24,26)/b13-12+. The summed E-state index contributed by atoms with van der Waals surface area (Å²) in [6, 6.07) is 23.3. The molecule has 0 bridgehead atoms. The molecular formula is C23H18N2O2S. The van der Waals surface area contributed by atoms with Crippen molar-refractivity contribution in [3.63, 3.8) is 0 Å². The molecule has 1 amide bonds. The van der Waals surface area contributed by atoms with Crippen molar-refractivity contribution < 1.29 is 9.53 Å². The molecule has 4 rings (SSSR count). The van der Waals surface area contributed by atoms with Crippen molar-refractivity contribution in [2.45, 2.75) is 0 Å². The monoisotopic (exact) mass is 386 g/mol. The van der Waals surface area contributed by atoms with E-state index in [-0.39, 0.29) is 5.91 Å². The van der Waals surface area contributed by atoms with Crippen LogP contribution in [0.4, 0.5) is 5.69 Å². The van der Waals surface area contributed by atoms with Crippen LogP contribution in [0.25, 0.3) is 22.4 Å². The van der Waals surface area contributed by atoms with Gasteiger partial charge < -0.3 is 10.1 Å². The van der Waals surface area contributed by atoms with Crippen molar-refractivity contribution in [2.24, 2.45) is 0 Å². The average molecular weight is 386 g/mol. The van der Waals surface area contributed by atoms with Gasteiger partial charge in [-0.3, -0.25) is 4.79 Å². The molecule has 138 valence electrons. The van der Waals surface area contributed by atoms with Crippen LogP contribution in [0, 0.1) is 0 Å². The lowest BCUT2D eigenvalue weighted by atomic mass is 10.1. The molecule has 0 saturated heterocycles. The van der Waals surface area contributed by atoms with E-state index in [0.29, 0.717) is 5.01 Å². The quantitative estimate of drug-likeness (QED) is 0.446. The van der Waals surface area contributed by atoms with E-state index < -0.39 is 0 Å². The molecule has 1 N–H and O–H groups in total. The summed E-state index contributed by atoms with van der Waals surface area (Å²) >= 11 is 1.39. The Labute approximate surface area is 167 Å². The van der Waals surface area contributed by atoms with Crippen LogP contribution >= 0.6 is 11.3 Å². The lowest BCUT2D eigenvalue weighted by Gasteiger charge is -2.04. The van der Waals surface area contributed by atoms with Gasteiger partial charge in [-0.05, 0) is 47.5 Å². The minimum Gasteiger partial charge on any atom is -0.497 e. The Morgan fingerprint density at radius 3 is 2.50 bits per heavy atom. The van der Waals surface area contributed by atoms with Gasteiger partial charge in [0.1, 0.15) is 5.75 Å². The van der Waals surface area contributed by atoms with E-state index >= 15 is 0 Å². The number of fused-ring (bicyclic) bond motifs is 1. The Hall–Kier alpha value is -3.44. The number of methoxy groups -OCH3 is 1. The lowest BCUT2D eigenvalue weighted by Crippen LogP contribution is -2.11. The summed E-state index contributed by atoms with van der Waals surface area (Å²) in [5, 5.41) is 3.39. The first-order valence-electron chi connectivity index (χ1n) is 8.80. The van der Waals surface area contributed by atoms with Gasteiger partial charge in [-0.15, -0.1) is 11.3 Å². The fraction of sp³-hybridized carbons (Fsp3) is 0.0435. The van der Waals surface area contributed by atoms with Crippen molar-refractivity contribution in [1.29, 1.82) is 0 Å². The number of nitrogens with one attached hydrogen (secondary N) is 1. The number of hydrogen-bond donors (Lipinski definition) is 1. The van der Waals surface area contributed by atoms with Crippen molar-refractivity contribution in [3.8, 4) is 5.75 Å². The summed E-state index contributed by atoms with van der Waals surface area (Å²) in [6.07, 6.45) is 4.01. The van der Waals surface area contributed by atoms with Gasteiger partial charge in [0.15, 0.2) is 5.01 Å².